The highest BCUT2D eigenvalue weighted by molar-refractivity contribution is 9.11. The van der Waals surface area contributed by atoms with Crippen molar-refractivity contribution in [2.75, 3.05) is 0 Å². The summed E-state index contributed by atoms with van der Waals surface area (Å²) in [6, 6.07) is 12.9. The lowest BCUT2D eigenvalue weighted by Gasteiger charge is -2.17. The zero-order valence-corrected chi connectivity index (χ0v) is 50.1. The van der Waals surface area contributed by atoms with Gasteiger partial charge >= 0.3 is 0 Å². The van der Waals surface area contributed by atoms with Crippen molar-refractivity contribution in [2.45, 2.75) is 195 Å². The number of aromatic nitrogens is 4. The second kappa shape index (κ2) is 29.0. The summed E-state index contributed by atoms with van der Waals surface area (Å²) in [5.74, 6) is 1.23. The third kappa shape index (κ3) is 15.4. The first kappa shape index (κ1) is 55.5. The zero-order chi connectivity index (χ0) is 48.5. The van der Waals surface area contributed by atoms with E-state index in [1.54, 1.807) is 22.7 Å². The van der Waals surface area contributed by atoms with Gasteiger partial charge in [0.2, 0.25) is 0 Å². The molecule has 1 aromatic carbocycles. The lowest BCUT2D eigenvalue weighted by atomic mass is 9.91. The molecule has 0 aliphatic carbocycles. The number of hydrogen-bond acceptors (Lipinski definition) is 9. The highest BCUT2D eigenvalue weighted by Gasteiger charge is 2.29. The molecular formula is C56H72Br2Cl2N4S5. The number of benzene rings is 1. The topological polar surface area (TPSA) is 51.6 Å². The lowest BCUT2D eigenvalue weighted by molar-refractivity contribution is 0.404. The number of unbranched alkanes of at least 4 members (excludes halogenated alkanes) is 16. The highest BCUT2D eigenvalue weighted by atomic mass is 79.9. The molecule has 2 atom stereocenters. The van der Waals surface area contributed by atoms with Crippen LogP contribution in [0.15, 0.2) is 44.0 Å². The SMILES string of the molecule is CCCCCCCCC(CCCCCC)Cc1sc(-c2nc3c(-c4ccc(Br)s4)c4nsnc4c(-c4ccc(Br)s4)c3nc2-c2cc(Cl)c(CC(CCCCCC)CCCCCCCC)s2)cc1Cl. The van der Waals surface area contributed by atoms with Crippen LogP contribution in [0.1, 0.15) is 192 Å². The number of thiophene rings is 4. The van der Waals surface area contributed by atoms with Crippen LogP contribution >= 0.6 is 112 Å². The van der Waals surface area contributed by atoms with Crippen LogP contribution in [0.25, 0.3) is 64.1 Å². The Labute approximate surface area is 460 Å². The second-order valence-corrected chi connectivity index (χ2v) is 27.8. The van der Waals surface area contributed by atoms with Crippen LogP contribution in [0.2, 0.25) is 10.0 Å². The first-order valence-electron chi connectivity index (χ1n) is 26.3. The van der Waals surface area contributed by atoms with E-state index in [9.17, 15) is 0 Å². The molecule has 0 saturated heterocycles. The molecule has 0 fully saturated rings. The van der Waals surface area contributed by atoms with Gasteiger partial charge in [0.1, 0.15) is 33.5 Å². The van der Waals surface area contributed by atoms with Crippen molar-refractivity contribution in [1.82, 2.24) is 18.7 Å². The minimum atomic E-state index is 0.617. The van der Waals surface area contributed by atoms with E-state index in [0.717, 1.165) is 94.5 Å². The fraction of sp³-hybridized carbons (Fsp3) is 0.571. The summed E-state index contributed by atoms with van der Waals surface area (Å²) in [5.41, 5.74) is 7.06. The van der Waals surface area contributed by atoms with Crippen LogP contribution < -0.4 is 0 Å². The number of fused-ring (bicyclic) bond motifs is 2. The number of nitrogens with zero attached hydrogens (tertiary/aromatic N) is 4. The van der Waals surface area contributed by atoms with Gasteiger partial charge in [-0.2, -0.15) is 8.75 Å². The van der Waals surface area contributed by atoms with Gasteiger partial charge in [-0.05, 0) is 92.9 Å². The fourth-order valence-electron chi connectivity index (χ4n) is 9.92. The maximum Gasteiger partial charge on any atom is 0.116 e. The van der Waals surface area contributed by atoms with Crippen molar-refractivity contribution in [2.24, 2.45) is 11.8 Å². The van der Waals surface area contributed by atoms with Gasteiger partial charge in [0.25, 0.3) is 0 Å². The monoisotopic (exact) mass is 1190 g/mol. The predicted octanol–water partition coefficient (Wildman–Crippen LogP) is 23.1. The summed E-state index contributed by atoms with van der Waals surface area (Å²) in [5, 5.41) is 1.70. The molecule has 0 aliphatic rings. The molecule has 13 heteroatoms. The van der Waals surface area contributed by atoms with E-state index in [1.807, 2.05) is 22.7 Å². The van der Waals surface area contributed by atoms with E-state index in [-0.39, 0.29) is 0 Å². The standard InChI is InChI=1S/C56H72Br2Cl2N4S5/c1-5-9-13-17-19-23-27-37(25-21-15-11-7-3)33-43-39(59)35-45(65-43)51-52(46-36-40(60)44(66-46)34-38(26-22-16-12-8-4)28-24-20-18-14-10-6-2)62-54-50(42-30-32-48(58)68-42)56-55(63-69-64-56)49(53(54)61-51)41-29-31-47(57)67-41/h29-32,35-38H,5-28,33-34H2,1-4H3. The molecule has 6 aromatic heterocycles. The Balaban J connectivity index is 1.34. The first-order valence-corrected chi connectivity index (χ1v) is 32.6. The molecule has 0 N–H and O–H groups in total. The van der Waals surface area contributed by atoms with Crippen molar-refractivity contribution < 1.29 is 0 Å². The number of hydrogen-bond donors (Lipinski definition) is 0. The quantitative estimate of drug-likeness (QED) is 0.0394. The normalized spacial score (nSPS) is 12.9. The second-order valence-electron chi connectivity index (χ2n) is 19.3. The largest absolute Gasteiger partial charge is 0.242 e. The molecule has 374 valence electrons. The van der Waals surface area contributed by atoms with Crippen molar-refractivity contribution in [3.05, 3.63) is 63.8 Å². The van der Waals surface area contributed by atoms with E-state index in [2.05, 4.69) is 96.0 Å². The average Bonchev–Trinajstić information content (AvgIpc) is 4.21. The minimum Gasteiger partial charge on any atom is -0.242 e. The van der Waals surface area contributed by atoms with E-state index < -0.39 is 0 Å². The minimum absolute atomic E-state index is 0.617. The van der Waals surface area contributed by atoms with Gasteiger partial charge in [0.15, 0.2) is 0 Å². The van der Waals surface area contributed by atoms with Crippen molar-refractivity contribution in [3.8, 4) is 42.0 Å². The van der Waals surface area contributed by atoms with Crippen molar-refractivity contribution >= 4 is 134 Å². The van der Waals surface area contributed by atoms with Gasteiger partial charge in [0, 0.05) is 30.6 Å². The summed E-state index contributed by atoms with van der Waals surface area (Å²) in [7, 11) is 0. The maximum atomic E-state index is 7.40. The average molecular weight is 1190 g/mol. The van der Waals surface area contributed by atoms with Crippen molar-refractivity contribution in [3.63, 3.8) is 0 Å². The van der Waals surface area contributed by atoms with Crippen LogP contribution in [0.4, 0.5) is 0 Å². The molecular weight excluding hydrogens is 1120 g/mol. The first-order chi connectivity index (χ1) is 33.7. The Kier molecular flexibility index (Phi) is 23.3. The van der Waals surface area contributed by atoms with Gasteiger partial charge in [-0.1, -0.05) is 205 Å². The molecule has 7 rings (SSSR count). The summed E-state index contributed by atoms with van der Waals surface area (Å²) in [4.78, 5) is 18.5. The smallest absolute Gasteiger partial charge is 0.116 e. The van der Waals surface area contributed by atoms with Crippen LogP contribution in [0.5, 0.6) is 0 Å². The predicted molar refractivity (Wildman–Crippen MR) is 317 cm³/mol. The van der Waals surface area contributed by atoms with Gasteiger partial charge < -0.3 is 0 Å². The lowest BCUT2D eigenvalue weighted by Crippen LogP contribution is -2.05. The third-order valence-electron chi connectivity index (χ3n) is 13.8. The van der Waals surface area contributed by atoms with E-state index in [1.165, 1.54) is 176 Å². The fourth-order valence-corrected chi connectivity index (χ4v) is 16.4. The van der Waals surface area contributed by atoms with E-state index in [0.29, 0.717) is 11.8 Å². The Morgan fingerprint density at radius 3 is 1.13 bits per heavy atom. The van der Waals surface area contributed by atoms with Crippen LogP contribution in [-0.2, 0) is 12.8 Å². The summed E-state index contributed by atoms with van der Waals surface area (Å²) in [6.45, 7) is 9.21. The molecule has 7 aromatic rings. The Hall–Kier alpha value is -1.28. The molecule has 0 amide bonds. The van der Waals surface area contributed by atoms with Gasteiger partial charge in [-0.25, -0.2) is 9.97 Å². The Morgan fingerprint density at radius 1 is 0.435 bits per heavy atom. The Bertz CT molecular complexity index is 2470. The van der Waals surface area contributed by atoms with Gasteiger partial charge in [-0.3, -0.25) is 0 Å². The molecule has 4 nitrogen and oxygen atoms in total. The summed E-state index contributed by atoms with van der Waals surface area (Å²) >= 11 is 30.6. The zero-order valence-electron chi connectivity index (χ0n) is 41.3. The third-order valence-corrected chi connectivity index (χ3v) is 20.8. The molecule has 0 spiro atoms. The summed E-state index contributed by atoms with van der Waals surface area (Å²) in [6.07, 6.45) is 33.3. The Morgan fingerprint density at radius 2 is 0.783 bits per heavy atom. The molecule has 0 radical (unpaired) electrons. The molecule has 69 heavy (non-hydrogen) atoms. The molecule has 0 saturated carbocycles. The highest BCUT2D eigenvalue weighted by Crippen LogP contribution is 2.50. The van der Waals surface area contributed by atoms with Crippen LogP contribution in [-0.4, -0.2) is 18.7 Å². The summed E-state index contributed by atoms with van der Waals surface area (Å²) < 4.78 is 12.1. The molecule has 0 bridgehead atoms. The molecule has 6 heterocycles. The van der Waals surface area contributed by atoms with Gasteiger partial charge in [0.05, 0.1) is 39.1 Å². The number of rotatable bonds is 32. The van der Waals surface area contributed by atoms with Crippen molar-refractivity contribution in [1.29, 1.82) is 0 Å². The van der Waals surface area contributed by atoms with Crippen LogP contribution in [0, 0.1) is 11.8 Å². The molecule has 0 aliphatic heterocycles. The molecule has 2 unspecified atom stereocenters. The number of halogens is 4. The van der Waals surface area contributed by atoms with E-state index in [4.69, 9.17) is 41.9 Å². The van der Waals surface area contributed by atoms with Crippen LogP contribution in [0.3, 0.4) is 0 Å². The van der Waals surface area contributed by atoms with E-state index >= 15 is 0 Å². The van der Waals surface area contributed by atoms with Gasteiger partial charge in [-0.15, -0.1) is 45.3 Å². The maximum absolute atomic E-state index is 7.40.